The number of benzene rings is 1. The van der Waals surface area contributed by atoms with Gasteiger partial charge < -0.3 is 10.1 Å². The fourth-order valence-electron chi connectivity index (χ4n) is 1.85. The summed E-state index contributed by atoms with van der Waals surface area (Å²) >= 11 is 3.43. The maximum absolute atomic E-state index is 14.0. The number of methoxy groups -OCH3 is 1. The van der Waals surface area contributed by atoms with E-state index in [0.717, 1.165) is 22.2 Å². The zero-order valence-corrected chi connectivity index (χ0v) is 13.8. The summed E-state index contributed by atoms with van der Waals surface area (Å²) in [7, 11) is 1.60. The highest BCUT2D eigenvalue weighted by Gasteiger charge is 2.13. The molecule has 0 fully saturated rings. The first-order valence-electron chi connectivity index (χ1n) is 6.68. The fourth-order valence-corrected chi connectivity index (χ4v) is 2.40. The van der Waals surface area contributed by atoms with Gasteiger partial charge in [0.25, 0.3) is 0 Å². The minimum Gasteiger partial charge on any atom is -0.496 e. The third-order valence-electron chi connectivity index (χ3n) is 2.97. The van der Waals surface area contributed by atoms with Crippen LogP contribution in [0.3, 0.4) is 0 Å². The van der Waals surface area contributed by atoms with Gasteiger partial charge in [-0.15, -0.1) is 0 Å². The molecular formula is C15H17BrFN3O. The normalized spacial score (nSPS) is 10.5. The lowest BCUT2D eigenvalue weighted by Crippen LogP contribution is -2.08. The molecule has 0 amide bonds. The van der Waals surface area contributed by atoms with Crippen molar-refractivity contribution >= 4 is 21.7 Å². The van der Waals surface area contributed by atoms with E-state index in [1.807, 2.05) is 25.1 Å². The molecule has 1 aromatic heterocycles. The van der Waals surface area contributed by atoms with Crippen molar-refractivity contribution in [3.63, 3.8) is 0 Å². The average Bonchev–Trinajstić information content (AvgIpc) is 2.48. The van der Waals surface area contributed by atoms with Gasteiger partial charge in [-0.2, -0.15) is 0 Å². The monoisotopic (exact) mass is 353 g/mol. The van der Waals surface area contributed by atoms with E-state index in [4.69, 9.17) is 4.74 Å². The molecule has 0 spiro atoms. The van der Waals surface area contributed by atoms with Crippen molar-refractivity contribution in [3.05, 3.63) is 34.2 Å². The summed E-state index contributed by atoms with van der Waals surface area (Å²) in [5, 5.41) is 2.99. The Morgan fingerprint density at radius 1 is 1.33 bits per heavy atom. The number of rotatable bonds is 5. The minimum atomic E-state index is -0.403. The maximum Gasteiger partial charge on any atom is 0.186 e. The van der Waals surface area contributed by atoms with Crippen molar-refractivity contribution in [1.82, 2.24) is 9.97 Å². The van der Waals surface area contributed by atoms with Crippen LogP contribution in [0.4, 0.5) is 10.2 Å². The molecule has 0 radical (unpaired) electrons. The van der Waals surface area contributed by atoms with E-state index in [0.29, 0.717) is 18.1 Å². The van der Waals surface area contributed by atoms with Crippen molar-refractivity contribution in [2.75, 3.05) is 19.0 Å². The van der Waals surface area contributed by atoms with Crippen molar-refractivity contribution < 1.29 is 9.13 Å². The molecule has 112 valence electrons. The molecule has 21 heavy (non-hydrogen) atoms. The topological polar surface area (TPSA) is 47.0 Å². The predicted molar refractivity (Wildman–Crippen MR) is 85.2 cm³/mol. The van der Waals surface area contributed by atoms with Crippen LogP contribution < -0.4 is 10.1 Å². The Hall–Kier alpha value is -1.69. The molecule has 2 aromatic rings. The summed E-state index contributed by atoms with van der Waals surface area (Å²) in [6, 6.07) is 5.52. The number of nitrogens with one attached hydrogen (secondary N) is 1. The van der Waals surface area contributed by atoms with E-state index >= 15 is 0 Å². The molecular weight excluding hydrogens is 337 g/mol. The fraction of sp³-hybridized carbons (Fsp3) is 0.333. The molecule has 0 aliphatic carbocycles. The standard InChI is InChI=1S/C15H17BrFN3O/c1-4-7-18-15-13(17)9(2)19-14(20-15)10-5-6-12(21-3)11(16)8-10/h5-6,8H,4,7H2,1-3H3,(H,18,19,20). The minimum absolute atomic E-state index is 0.242. The highest BCUT2D eigenvalue weighted by atomic mass is 79.9. The van der Waals surface area contributed by atoms with Gasteiger partial charge in [0.05, 0.1) is 17.3 Å². The zero-order chi connectivity index (χ0) is 15.4. The van der Waals surface area contributed by atoms with E-state index in [1.165, 1.54) is 0 Å². The van der Waals surface area contributed by atoms with Crippen LogP contribution in [0.2, 0.25) is 0 Å². The highest BCUT2D eigenvalue weighted by Crippen LogP contribution is 2.30. The number of aromatic nitrogens is 2. The van der Waals surface area contributed by atoms with Crippen LogP contribution >= 0.6 is 15.9 Å². The van der Waals surface area contributed by atoms with Gasteiger partial charge in [-0.05, 0) is 47.5 Å². The second-order valence-electron chi connectivity index (χ2n) is 4.57. The molecule has 0 atom stereocenters. The quantitative estimate of drug-likeness (QED) is 0.875. The SMILES string of the molecule is CCCNc1nc(-c2ccc(OC)c(Br)c2)nc(C)c1F. The Balaban J connectivity index is 2.43. The number of ether oxygens (including phenoxy) is 1. The second kappa shape index (κ2) is 6.85. The van der Waals surface area contributed by atoms with E-state index in [2.05, 4.69) is 31.2 Å². The zero-order valence-electron chi connectivity index (χ0n) is 12.2. The summed E-state index contributed by atoms with van der Waals surface area (Å²) in [5.41, 5.74) is 1.12. The predicted octanol–water partition coefficient (Wildman–Crippen LogP) is 4.18. The van der Waals surface area contributed by atoms with E-state index < -0.39 is 5.82 Å². The Morgan fingerprint density at radius 3 is 2.71 bits per heavy atom. The smallest absolute Gasteiger partial charge is 0.186 e. The van der Waals surface area contributed by atoms with Crippen molar-refractivity contribution in [1.29, 1.82) is 0 Å². The van der Waals surface area contributed by atoms with Crippen LogP contribution in [-0.4, -0.2) is 23.6 Å². The molecule has 6 heteroatoms. The Morgan fingerprint density at radius 2 is 2.10 bits per heavy atom. The van der Waals surface area contributed by atoms with Gasteiger partial charge in [0.2, 0.25) is 0 Å². The Bertz CT molecular complexity index is 649. The molecule has 0 unspecified atom stereocenters. The van der Waals surface area contributed by atoms with Crippen LogP contribution in [0, 0.1) is 12.7 Å². The first-order valence-corrected chi connectivity index (χ1v) is 7.48. The summed E-state index contributed by atoms with van der Waals surface area (Å²) in [4.78, 5) is 8.50. The van der Waals surface area contributed by atoms with E-state index in [-0.39, 0.29) is 5.82 Å². The van der Waals surface area contributed by atoms with Gasteiger partial charge in [-0.3, -0.25) is 0 Å². The van der Waals surface area contributed by atoms with E-state index in [9.17, 15) is 4.39 Å². The van der Waals surface area contributed by atoms with Gasteiger partial charge >= 0.3 is 0 Å². The summed E-state index contributed by atoms with van der Waals surface area (Å²) in [6.07, 6.45) is 0.895. The Labute approximate surface area is 131 Å². The summed E-state index contributed by atoms with van der Waals surface area (Å²) in [6.45, 7) is 4.32. The lowest BCUT2D eigenvalue weighted by molar-refractivity contribution is 0.412. The lowest BCUT2D eigenvalue weighted by Gasteiger charge is -2.10. The number of aryl methyl sites for hydroxylation is 1. The molecule has 0 aliphatic rings. The van der Waals surface area contributed by atoms with Crippen LogP contribution in [0.5, 0.6) is 5.75 Å². The first-order chi connectivity index (χ1) is 10.1. The maximum atomic E-state index is 14.0. The number of hydrogen-bond donors (Lipinski definition) is 1. The van der Waals surface area contributed by atoms with Crippen LogP contribution in [0.25, 0.3) is 11.4 Å². The molecule has 1 heterocycles. The van der Waals surface area contributed by atoms with Gasteiger partial charge in [0.15, 0.2) is 17.5 Å². The number of anilines is 1. The molecule has 0 aliphatic heterocycles. The molecule has 1 N–H and O–H groups in total. The number of halogens is 2. The first kappa shape index (κ1) is 15.7. The molecule has 4 nitrogen and oxygen atoms in total. The van der Waals surface area contributed by atoms with Gasteiger partial charge in [0.1, 0.15) is 5.75 Å². The van der Waals surface area contributed by atoms with E-state index in [1.54, 1.807) is 14.0 Å². The van der Waals surface area contributed by atoms with Gasteiger partial charge in [0, 0.05) is 12.1 Å². The third-order valence-corrected chi connectivity index (χ3v) is 3.59. The summed E-state index contributed by atoms with van der Waals surface area (Å²) < 4.78 is 20.0. The summed E-state index contributed by atoms with van der Waals surface area (Å²) in [5.74, 6) is 1.05. The molecule has 2 rings (SSSR count). The third kappa shape index (κ3) is 3.50. The van der Waals surface area contributed by atoms with Crippen molar-refractivity contribution in [2.24, 2.45) is 0 Å². The molecule has 0 saturated carbocycles. The Kier molecular flexibility index (Phi) is 5.12. The highest BCUT2D eigenvalue weighted by molar-refractivity contribution is 9.10. The van der Waals surface area contributed by atoms with Crippen molar-refractivity contribution in [3.8, 4) is 17.1 Å². The number of nitrogens with zero attached hydrogens (tertiary/aromatic N) is 2. The lowest BCUT2D eigenvalue weighted by atomic mass is 10.2. The van der Waals surface area contributed by atoms with Crippen LogP contribution in [-0.2, 0) is 0 Å². The van der Waals surface area contributed by atoms with Crippen LogP contribution in [0.1, 0.15) is 19.0 Å². The van der Waals surface area contributed by atoms with Crippen LogP contribution in [0.15, 0.2) is 22.7 Å². The molecule has 0 bridgehead atoms. The number of hydrogen-bond acceptors (Lipinski definition) is 4. The van der Waals surface area contributed by atoms with Gasteiger partial charge in [-0.1, -0.05) is 6.92 Å². The molecule has 1 aromatic carbocycles. The molecule has 0 saturated heterocycles. The largest absolute Gasteiger partial charge is 0.496 e. The second-order valence-corrected chi connectivity index (χ2v) is 5.43. The van der Waals surface area contributed by atoms with Gasteiger partial charge in [-0.25, -0.2) is 14.4 Å². The van der Waals surface area contributed by atoms with Crippen molar-refractivity contribution in [2.45, 2.75) is 20.3 Å². The average molecular weight is 354 g/mol.